The first-order valence-corrected chi connectivity index (χ1v) is 8.89. The van der Waals surface area contributed by atoms with E-state index in [0.29, 0.717) is 5.69 Å². The van der Waals surface area contributed by atoms with Crippen molar-refractivity contribution in [2.45, 2.75) is 11.3 Å². The van der Waals surface area contributed by atoms with Crippen LogP contribution in [-0.2, 0) is 11.0 Å². The normalized spacial score (nSPS) is 11.2. The van der Waals surface area contributed by atoms with E-state index in [1.165, 1.54) is 0 Å². The fourth-order valence-electron chi connectivity index (χ4n) is 2.27. The number of amides is 1. The summed E-state index contributed by atoms with van der Waals surface area (Å²) in [6.07, 6.45) is -3.51. The largest absolute Gasteiger partial charge is 0.433 e. The third-order valence-electron chi connectivity index (χ3n) is 3.53. The number of aromatic nitrogens is 2. The molecule has 0 saturated heterocycles. The van der Waals surface area contributed by atoms with Crippen molar-refractivity contribution in [3.05, 3.63) is 72.6 Å². The summed E-state index contributed by atoms with van der Waals surface area (Å²) in [7, 11) is 0. The summed E-state index contributed by atoms with van der Waals surface area (Å²) in [4.78, 5) is 19.2. The molecule has 0 aliphatic heterocycles. The molecule has 138 valence electrons. The lowest BCUT2D eigenvalue weighted by atomic mass is 10.1. The Morgan fingerprint density at radius 1 is 0.963 bits per heavy atom. The molecule has 0 aliphatic rings. The first-order chi connectivity index (χ1) is 12.9. The van der Waals surface area contributed by atoms with Gasteiger partial charge in [0.2, 0.25) is 5.91 Å². The quantitative estimate of drug-likeness (QED) is 0.498. The van der Waals surface area contributed by atoms with Crippen LogP contribution >= 0.6 is 11.8 Å². The molecule has 1 amide bonds. The van der Waals surface area contributed by atoms with Gasteiger partial charge in [-0.2, -0.15) is 13.2 Å². The van der Waals surface area contributed by atoms with E-state index < -0.39 is 11.9 Å². The number of thioether (sulfide) groups is 1. The zero-order chi connectivity index (χ0) is 19.3. The number of hydrogen-bond acceptors (Lipinski definition) is 4. The Morgan fingerprint density at radius 3 is 2.30 bits per heavy atom. The van der Waals surface area contributed by atoms with Gasteiger partial charge in [-0.05, 0) is 29.3 Å². The van der Waals surface area contributed by atoms with E-state index in [0.717, 1.165) is 35.2 Å². The van der Waals surface area contributed by atoms with Crippen LogP contribution in [0.3, 0.4) is 0 Å². The zero-order valence-electron chi connectivity index (χ0n) is 13.9. The number of hydrogen-bond donors (Lipinski definition) is 1. The topological polar surface area (TPSA) is 54.9 Å². The monoisotopic (exact) mass is 389 g/mol. The fourth-order valence-corrected chi connectivity index (χ4v) is 2.90. The van der Waals surface area contributed by atoms with Crippen LogP contribution in [0.5, 0.6) is 0 Å². The second-order valence-corrected chi connectivity index (χ2v) is 6.44. The van der Waals surface area contributed by atoms with E-state index in [-0.39, 0.29) is 16.8 Å². The lowest BCUT2D eigenvalue weighted by molar-refractivity contribution is -0.141. The number of benzene rings is 2. The molecule has 0 bridgehead atoms. The summed E-state index contributed by atoms with van der Waals surface area (Å²) < 4.78 is 37.9. The highest BCUT2D eigenvalue weighted by Gasteiger charge is 2.32. The third kappa shape index (κ3) is 5.30. The molecular formula is C19H14F3N3OS. The molecule has 0 aliphatic carbocycles. The number of halogens is 3. The predicted molar refractivity (Wildman–Crippen MR) is 98.3 cm³/mol. The van der Waals surface area contributed by atoms with Crippen molar-refractivity contribution in [2.75, 3.05) is 11.1 Å². The summed E-state index contributed by atoms with van der Waals surface area (Å²) in [6.45, 7) is 0. The highest BCUT2D eigenvalue weighted by molar-refractivity contribution is 7.99. The molecule has 8 heteroatoms. The van der Waals surface area contributed by atoms with Crippen molar-refractivity contribution in [1.29, 1.82) is 0 Å². The van der Waals surface area contributed by atoms with Crippen LogP contribution < -0.4 is 5.32 Å². The number of alkyl halides is 3. The van der Waals surface area contributed by atoms with E-state index >= 15 is 0 Å². The summed E-state index contributed by atoms with van der Waals surface area (Å²) >= 11 is 0.844. The van der Waals surface area contributed by atoms with Gasteiger partial charge in [0.25, 0.3) is 0 Å². The molecule has 4 nitrogen and oxygen atoms in total. The standard InChI is InChI=1S/C19H14F3N3OS/c20-19(21,22)16-10-11-23-18(25-16)27-12-17(26)24-15-8-6-14(7-9-15)13-4-2-1-3-5-13/h1-11H,12H2,(H,24,26). The molecule has 0 spiro atoms. The highest BCUT2D eigenvalue weighted by Crippen LogP contribution is 2.28. The van der Waals surface area contributed by atoms with Gasteiger partial charge in [-0.3, -0.25) is 4.79 Å². The first-order valence-electron chi connectivity index (χ1n) is 7.90. The maximum atomic E-state index is 12.6. The van der Waals surface area contributed by atoms with E-state index in [1.54, 1.807) is 12.1 Å². The molecule has 3 rings (SSSR count). The van der Waals surface area contributed by atoms with Crippen LogP contribution in [0.2, 0.25) is 0 Å². The fraction of sp³-hybridized carbons (Fsp3) is 0.105. The summed E-state index contributed by atoms with van der Waals surface area (Å²) in [5, 5.41) is 2.60. The molecule has 27 heavy (non-hydrogen) atoms. The average molecular weight is 389 g/mol. The molecule has 0 fully saturated rings. The van der Waals surface area contributed by atoms with E-state index in [4.69, 9.17) is 0 Å². The summed E-state index contributed by atoms with van der Waals surface area (Å²) in [5.41, 5.74) is 1.65. The Kier molecular flexibility index (Phi) is 5.75. The molecule has 0 radical (unpaired) electrons. The van der Waals surface area contributed by atoms with Crippen LogP contribution in [0.15, 0.2) is 72.0 Å². The molecule has 0 atom stereocenters. The minimum Gasteiger partial charge on any atom is -0.325 e. The second kappa shape index (κ2) is 8.22. The molecule has 2 aromatic carbocycles. The van der Waals surface area contributed by atoms with Gasteiger partial charge in [-0.1, -0.05) is 54.2 Å². The number of nitrogens with one attached hydrogen (secondary N) is 1. The number of carbonyl (C=O) groups excluding carboxylic acids is 1. The molecule has 0 saturated carbocycles. The number of nitrogens with zero attached hydrogens (tertiary/aromatic N) is 2. The van der Waals surface area contributed by atoms with E-state index in [1.807, 2.05) is 42.5 Å². The van der Waals surface area contributed by atoms with Gasteiger partial charge in [-0.15, -0.1) is 0 Å². The Bertz CT molecular complexity index is 915. The zero-order valence-corrected chi connectivity index (χ0v) is 14.7. The van der Waals surface area contributed by atoms with Crippen molar-refractivity contribution < 1.29 is 18.0 Å². The molecule has 1 aromatic heterocycles. The Balaban J connectivity index is 1.57. The van der Waals surface area contributed by atoms with Crippen molar-refractivity contribution in [3.8, 4) is 11.1 Å². The molecule has 3 aromatic rings. The van der Waals surface area contributed by atoms with Crippen molar-refractivity contribution in [3.63, 3.8) is 0 Å². The van der Waals surface area contributed by atoms with E-state index in [9.17, 15) is 18.0 Å². The molecule has 1 heterocycles. The number of carbonyl (C=O) groups is 1. The van der Waals surface area contributed by atoms with Gasteiger partial charge in [0, 0.05) is 11.9 Å². The van der Waals surface area contributed by atoms with E-state index in [2.05, 4.69) is 15.3 Å². The smallest absolute Gasteiger partial charge is 0.325 e. The van der Waals surface area contributed by atoms with Crippen LogP contribution in [0.1, 0.15) is 5.69 Å². The van der Waals surface area contributed by atoms with Crippen LogP contribution in [0.25, 0.3) is 11.1 Å². The molecular weight excluding hydrogens is 375 g/mol. The molecule has 0 unspecified atom stereocenters. The Labute approximate surface area is 157 Å². The Hall–Kier alpha value is -2.87. The second-order valence-electron chi connectivity index (χ2n) is 5.50. The van der Waals surface area contributed by atoms with Gasteiger partial charge in [0.15, 0.2) is 5.16 Å². The summed E-state index contributed by atoms with van der Waals surface area (Å²) in [6, 6.07) is 17.9. The first kappa shape index (κ1) is 18.9. The van der Waals surface area contributed by atoms with Crippen molar-refractivity contribution >= 4 is 23.4 Å². The Morgan fingerprint density at radius 2 is 1.63 bits per heavy atom. The van der Waals surface area contributed by atoms with Gasteiger partial charge in [0.05, 0.1) is 5.75 Å². The number of rotatable bonds is 5. The minimum absolute atomic E-state index is 0.0955. The van der Waals surface area contributed by atoms with Gasteiger partial charge < -0.3 is 5.32 Å². The van der Waals surface area contributed by atoms with Gasteiger partial charge in [-0.25, -0.2) is 9.97 Å². The maximum absolute atomic E-state index is 12.6. The van der Waals surface area contributed by atoms with Crippen LogP contribution in [0, 0.1) is 0 Å². The highest BCUT2D eigenvalue weighted by atomic mass is 32.2. The molecule has 1 N–H and O–H groups in total. The van der Waals surface area contributed by atoms with Crippen molar-refractivity contribution in [2.24, 2.45) is 0 Å². The minimum atomic E-state index is -4.54. The van der Waals surface area contributed by atoms with Gasteiger partial charge in [0.1, 0.15) is 5.69 Å². The lowest BCUT2D eigenvalue weighted by Gasteiger charge is -2.08. The third-order valence-corrected chi connectivity index (χ3v) is 4.39. The van der Waals surface area contributed by atoms with Crippen molar-refractivity contribution in [1.82, 2.24) is 9.97 Å². The SMILES string of the molecule is O=C(CSc1nccc(C(F)(F)F)n1)Nc1ccc(-c2ccccc2)cc1. The number of anilines is 1. The average Bonchev–Trinajstić information content (AvgIpc) is 2.67. The van der Waals surface area contributed by atoms with Crippen LogP contribution in [-0.4, -0.2) is 21.6 Å². The van der Waals surface area contributed by atoms with Gasteiger partial charge >= 0.3 is 6.18 Å². The predicted octanol–water partition coefficient (Wildman–Crippen LogP) is 4.89. The maximum Gasteiger partial charge on any atom is 0.433 e. The lowest BCUT2D eigenvalue weighted by Crippen LogP contribution is -2.14. The van der Waals surface area contributed by atoms with Crippen LogP contribution in [0.4, 0.5) is 18.9 Å². The summed E-state index contributed by atoms with van der Waals surface area (Å²) in [5.74, 6) is -0.449.